The summed E-state index contributed by atoms with van der Waals surface area (Å²) < 4.78 is 2.26. The highest BCUT2D eigenvalue weighted by Gasteiger charge is 2.15. The lowest BCUT2D eigenvalue weighted by molar-refractivity contribution is 0.909. The summed E-state index contributed by atoms with van der Waals surface area (Å²) in [5, 5.41) is 1.33. The maximum Gasteiger partial charge on any atom is 0.0560 e. The molecule has 1 aliphatic rings. The molecule has 1 nitrogen and oxygen atoms in total. The predicted octanol–water partition coefficient (Wildman–Crippen LogP) is 5.91. The molecule has 104 valence electrons. The Morgan fingerprint density at radius 2 is 1.84 bits per heavy atom. The highest BCUT2D eigenvalue weighted by molar-refractivity contribution is 5.94. The van der Waals surface area contributed by atoms with Crippen LogP contribution in [0, 0.1) is 0 Å². The molecule has 0 spiro atoms. The average molecular weight is 257 g/mol. The van der Waals surface area contributed by atoms with Gasteiger partial charge in [0.05, 0.1) is 5.52 Å². The summed E-state index contributed by atoms with van der Waals surface area (Å²) >= 11 is 0. The third-order valence-electron chi connectivity index (χ3n) is 2.53. The standard InChI is InChI=1S/C11H9N.C3H8.C3H6.CH4/c1-8-7-12-6-5-9-3-2-4-10(8)11(9)12;2*1-3-2;/h2-6H,1,7H2;3H2,1-2H3;3H,1H2,2H3;1H4. The molecular weight excluding hydrogens is 230 g/mol. The molecule has 0 saturated heterocycles. The Kier molecular flexibility index (Phi) is 7.59. The van der Waals surface area contributed by atoms with Crippen LogP contribution in [-0.4, -0.2) is 4.57 Å². The van der Waals surface area contributed by atoms with Gasteiger partial charge in [-0.1, -0.05) is 58.5 Å². The fraction of sp³-hybridized carbons (Fsp3) is 0.333. The summed E-state index contributed by atoms with van der Waals surface area (Å²) in [7, 11) is 0. The maximum absolute atomic E-state index is 4.05. The number of nitrogens with zero attached hydrogens (tertiary/aromatic N) is 1. The van der Waals surface area contributed by atoms with Crippen LogP contribution in [0.5, 0.6) is 0 Å². The van der Waals surface area contributed by atoms with Crippen molar-refractivity contribution in [3.05, 3.63) is 55.3 Å². The third kappa shape index (κ3) is 3.85. The lowest BCUT2D eigenvalue weighted by Crippen LogP contribution is -1.85. The van der Waals surface area contributed by atoms with Crippen LogP contribution in [0.4, 0.5) is 0 Å². The van der Waals surface area contributed by atoms with Gasteiger partial charge in [-0.05, 0) is 18.6 Å². The van der Waals surface area contributed by atoms with Crippen LogP contribution in [0.25, 0.3) is 16.5 Å². The van der Waals surface area contributed by atoms with E-state index in [4.69, 9.17) is 0 Å². The van der Waals surface area contributed by atoms with Crippen molar-refractivity contribution in [1.82, 2.24) is 4.57 Å². The van der Waals surface area contributed by atoms with Gasteiger partial charge in [-0.15, -0.1) is 6.58 Å². The minimum Gasteiger partial charge on any atom is -0.343 e. The number of hydrogen-bond donors (Lipinski definition) is 0. The quantitative estimate of drug-likeness (QED) is 0.517. The fourth-order valence-corrected chi connectivity index (χ4v) is 1.97. The van der Waals surface area contributed by atoms with E-state index in [2.05, 4.69) is 62.0 Å². The molecule has 0 amide bonds. The molecule has 1 heteroatoms. The van der Waals surface area contributed by atoms with E-state index in [1.54, 1.807) is 6.08 Å². The Morgan fingerprint density at radius 3 is 2.42 bits per heavy atom. The minimum absolute atomic E-state index is 0. The van der Waals surface area contributed by atoms with Gasteiger partial charge in [0, 0.05) is 23.7 Å². The van der Waals surface area contributed by atoms with Crippen molar-refractivity contribution < 1.29 is 0 Å². The van der Waals surface area contributed by atoms with Gasteiger partial charge in [-0.2, -0.15) is 0 Å². The first-order valence-corrected chi connectivity index (χ1v) is 6.52. The van der Waals surface area contributed by atoms with Crippen molar-refractivity contribution in [2.45, 2.75) is 41.2 Å². The zero-order chi connectivity index (χ0) is 13.5. The average Bonchev–Trinajstić information content (AvgIpc) is 2.88. The molecule has 1 aliphatic heterocycles. The van der Waals surface area contributed by atoms with E-state index in [1.807, 2.05) is 6.92 Å². The normalized spacial score (nSPS) is 10.8. The Bertz CT molecular complexity index is 532. The number of rotatable bonds is 0. The molecule has 2 aromatic rings. The first-order valence-electron chi connectivity index (χ1n) is 6.52. The Labute approximate surface area is 118 Å². The maximum atomic E-state index is 4.05. The van der Waals surface area contributed by atoms with Gasteiger partial charge in [0.1, 0.15) is 0 Å². The highest BCUT2D eigenvalue weighted by Crippen LogP contribution is 2.32. The first kappa shape index (κ1) is 17.2. The number of allylic oxidation sites excluding steroid dienone is 2. The van der Waals surface area contributed by atoms with Gasteiger partial charge in [0.15, 0.2) is 0 Å². The van der Waals surface area contributed by atoms with E-state index in [-0.39, 0.29) is 7.43 Å². The molecule has 0 atom stereocenters. The van der Waals surface area contributed by atoms with Gasteiger partial charge in [0.25, 0.3) is 0 Å². The van der Waals surface area contributed by atoms with Crippen molar-refractivity contribution in [1.29, 1.82) is 0 Å². The fourth-order valence-electron chi connectivity index (χ4n) is 1.97. The van der Waals surface area contributed by atoms with Crippen LogP contribution in [0.15, 0.2) is 49.7 Å². The monoisotopic (exact) mass is 257 g/mol. The number of benzene rings is 1. The minimum atomic E-state index is 0. The molecule has 0 saturated carbocycles. The summed E-state index contributed by atoms with van der Waals surface area (Å²) in [6.07, 6.45) is 5.13. The van der Waals surface area contributed by atoms with E-state index in [9.17, 15) is 0 Å². The summed E-state index contributed by atoms with van der Waals surface area (Å²) in [5.74, 6) is 0. The van der Waals surface area contributed by atoms with Gasteiger partial charge in [0.2, 0.25) is 0 Å². The molecule has 19 heavy (non-hydrogen) atoms. The van der Waals surface area contributed by atoms with Crippen LogP contribution in [0.3, 0.4) is 0 Å². The third-order valence-corrected chi connectivity index (χ3v) is 2.53. The molecule has 0 unspecified atom stereocenters. The van der Waals surface area contributed by atoms with E-state index in [0.717, 1.165) is 6.54 Å². The zero-order valence-corrected chi connectivity index (χ0v) is 11.7. The molecule has 0 aliphatic carbocycles. The van der Waals surface area contributed by atoms with Gasteiger partial charge in [-0.3, -0.25) is 0 Å². The number of aromatic nitrogens is 1. The Morgan fingerprint density at radius 1 is 1.26 bits per heavy atom. The summed E-state index contributed by atoms with van der Waals surface area (Å²) in [4.78, 5) is 0. The molecule has 1 aromatic heterocycles. The van der Waals surface area contributed by atoms with Crippen LogP contribution in [-0.2, 0) is 6.54 Å². The van der Waals surface area contributed by atoms with Crippen molar-refractivity contribution in [2.75, 3.05) is 0 Å². The second-order valence-electron chi connectivity index (χ2n) is 4.41. The molecule has 1 aromatic carbocycles. The largest absolute Gasteiger partial charge is 0.343 e. The van der Waals surface area contributed by atoms with E-state index in [1.165, 1.54) is 28.5 Å². The Balaban J connectivity index is 0.000000405. The molecule has 0 N–H and O–H groups in total. The highest BCUT2D eigenvalue weighted by atomic mass is 15.0. The molecule has 3 rings (SSSR count). The van der Waals surface area contributed by atoms with Crippen LogP contribution in [0.1, 0.15) is 40.2 Å². The van der Waals surface area contributed by atoms with Gasteiger partial charge < -0.3 is 4.57 Å². The predicted molar refractivity (Wildman–Crippen MR) is 89.5 cm³/mol. The summed E-state index contributed by atoms with van der Waals surface area (Å²) in [6.45, 7) is 14.5. The molecule has 0 bridgehead atoms. The van der Waals surface area contributed by atoms with E-state index in [0.29, 0.717) is 0 Å². The van der Waals surface area contributed by atoms with Crippen LogP contribution in [0.2, 0.25) is 0 Å². The Hall–Kier alpha value is -1.76. The summed E-state index contributed by atoms with van der Waals surface area (Å²) in [5.41, 5.74) is 3.90. The number of hydrogen-bond acceptors (Lipinski definition) is 0. The van der Waals surface area contributed by atoms with Crippen LogP contribution < -0.4 is 0 Å². The molecule has 2 heterocycles. The number of para-hydroxylation sites is 1. The van der Waals surface area contributed by atoms with Crippen molar-refractivity contribution in [3.8, 4) is 0 Å². The lowest BCUT2D eigenvalue weighted by Gasteiger charge is -1.94. The van der Waals surface area contributed by atoms with Crippen molar-refractivity contribution >= 4 is 16.5 Å². The lowest BCUT2D eigenvalue weighted by atomic mass is 10.1. The van der Waals surface area contributed by atoms with Crippen molar-refractivity contribution in [3.63, 3.8) is 0 Å². The van der Waals surface area contributed by atoms with Crippen molar-refractivity contribution in [2.24, 2.45) is 0 Å². The van der Waals surface area contributed by atoms with Gasteiger partial charge >= 0.3 is 0 Å². The van der Waals surface area contributed by atoms with E-state index >= 15 is 0 Å². The molecular formula is C18H27N. The SMILES string of the molecule is C.C=C1Cn2ccc3cccc1c32.C=CC.CCC. The van der Waals surface area contributed by atoms with Gasteiger partial charge in [-0.25, -0.2) is 0 Å². The second-order valence-corrected chi connectivity index (χ2v) is 4.41. The summed E-state index contributed by atoms with van der Waals surface area (Å²) in [6, 6.07) is 8.55. The topological polar surface area (TPSA) is 4.93 Å². The molecule has 0 fully saturated rings. The zero-order valence-electron chi connectivity index (χ0n) is 11.7. The molecule has 0 radical (unpaired) electrons. The van der Waals surface area contributed by atoms with Crippen LogP contribution >= 0.6 is 0 Å². The smallest absolute Gasteiger partial charge is 0.0560 e. The first-order chi connectivity index (χ1) is 8.69. The van der Waals surface area contributed by atoms with E-state index < -0.39 is 0 Å². The second kappa shape index (κ2) is 8.36.